The topological polar surface area (TPSA) is 31.2 Å². The summed E-state index contributed by atoms with van der Waals surface area (Å²) >= 11 is 0. The smallest absolute Gasteiger partial charge is 0.182 e. The fraction of sp³-hybridized carbons (Fsp3) is 0.154. The fourth-order valence-corrected chi connectivity index (χ4v) is 1.53. The van der Waals surface area contributed by atoms with Crippen molar-refractivity contribution in [3.05, 3.63) is 54.4 Å². The van der Waals surface area contributed by atoms with Gasteiger partial charge in [0, 0.05) is 18.0 Å². The van der Waals surface area contributed by atoms with Crippen LogP contribution in [-0.2, 0) is 6.54 Å². The highest BCUT2D eigenvalue weighted by atomic mass is 16.5. The van der Waals surface area contributed by atoms with Gasteiger partial charge in [0.1, 0.15) is 5.75 Å². The Bertz CT molecular complexity index is 474. The molecule has 0 aliphatic heterocycles. The minimum Gasteiger partial charge on any atom is -0.497 e. The zero-order valence-corrected chi connectivity index (χ0v) is 9.09. The van der Waals surface area contributed by atoms with Crippen molar-refractivity contribution in [3.63, 3.8) is 0 Å². The van der Waals surface area contributed by atoms with E-state index in [1.165, 1.54) is 0 Å². The van der Waals surface area contributed by atoms with E-state index in [1.54, 1.807) is 19.2 Å². The van der Waals surface area contributed by atoms with Crippen molar-refractivity contribution in [1.82, 2.24) is 4.57 Å². The van der Waals surface area contributed by atoms with Gasteiger partial charge in [-0.1, -0.05) is 12.1 Å². The molecule has 0 saturated carbocycles. The van der Waals surface area contributed by atoms with Gasteiger partial charge in [-0.15, -0.1) is 0 Å². The molecule has 0 aliphatic rings. The van der Waals surface area contributed by atoms with E-state index in [-0.39, 0.29) is 5.78 Å². The van der Waals surface area contributed by atoms with E-state index in [1.807, 2.05) is 41.2 Å². The maximum absolute atomic E-state index is 11.9. The molecule has 0 radical (unpaired) electrons. The van der Waals surface area contributed by atoms with Crippen LogP contribution in [0.25, 0.3) is 0 Å². The molecule has 1 aromatic carbocycles. The second-order valence-electron chi connectivity index (χ2n) is 3.51. The average molecular weight is 215 g/mol. The first-order valence-corrected chi connectivity index (χ1v) is 5.07. The molecule has 0 fully saturated rings. The van der Waals surface area contributed by atoms with Crippen LogP contribution in [0.15, 0.2) is 48.8 Å². The number of benzene rings is 1. The third-order valence-electron chi connectivity index (χ3n) is 2.38. The molecule has 1 heterocycles. The molecule has 2 aromatic rings. The lowest BCUT2D eigenvalue weighted by atomic mass is 10.1. The standard InChI is InChI=1S/C13H13NO2/c1-16-12-6-4-5-11(9-12)13(15)10-14-7-2-3-8-14/h2-9H,10H2,1H3. The monoisotopic (exact) mass is 215 g/mol. The normalized spacial score (nSPS) is 10.1. The highest BCUT2D eigenvalue weighted by Crippen LogP contribution is 2.13. The molecular formula is C13H13NO2. The maximum Gasteiger partial charge on any atom is 0.182 e. The number of Topliss-reactive ketones (excluding diaryl/α,β-unsaturated/α-hetero) is 1. The molecule has 0 atom stereocenters. The Hall–Kier alpha value is -2.03. The summed E-state index contributed by atoms with van der Waals surface area (Å²) in [4.78, 5) is 11.9. The summed E-state index contributed by atoms with van der Waals surface area (Å²) in [7, 11) is 1.59. The number of ketones is 1. The Morgan fingerprint density at radius 3 is 2.69 bits per heavy atom. The molecule has 1 aromatic heterocycles. The van der Waals surface area contributed by atoms with Gasteiger partial charge in [0.15, 0.2) is 5.78 Å². The highest BCUT2D eigenvalue weighted by Gasteiger charge is 2.06. The predicted molar refractivity (Wildman–Crippen MR) is 61.8 cm³/mol. The van der Waals surface area contributed by atoms with Gasteiger partial charge < -0.3 is 9.30 Å². The number of hydrogen-bond acceptors (Lipinski definition) is 2. The Morgan fingerprint density at radius 1 is 1.25 bits per heavy atom. The largest absolute Gasteiger partial charge is 0.497 e. The first-order valence-electron chi connectivity index (χ1n) is 5.07. The zero-order valence-electron chi connectivity index (χ0n) is 9.09. The lowest BCUT2D eigenvalue weighted by Gasteiger charge is -2.04. The average Bonchev–Trinajstić information content (AvgIpc) is 2.82. The number of carbonyl (C=O) groups is 1. The van der Waals surface area contributed by atoms with Gasteiger partial charge in [0.05, 0.1) is 13.7 Å². The third kappa shape index (κ3) is 2.31. The van der Waals surface area contributed by atoms with Crippen molar-refractivity contribution in [1.29, 1.82) is 0 Å². The maximum atomic E-state index is 11.9. The van der Waals surface area contributed by atoms with Crippen LogP contribution in [-0.4, -0.2) is 17.5 Å². The van der Waals surface area contributed by atoms with Crippen molar-refractivity contribution >= 4 is 5.78 Å². The molecule has 3 nitrogen and oxygen atoms in total. The van der Waals surface area contributed by atoms with Crippen molar-refractivity contribution in [2.24, 2.45) is 0 Å². The molecule has 0 bridgehead atoms. The van der Waals surface area contributed by atoms with Crippen LogP contribution >= 0.6 is 0 Å². The van der Waals surface area contributed by atoms with E-state index in [4.69, 9.17) is 4.74 Å². The molecule has 82 valence electrons. The fourth-order valence-electron chi connectivity index (χ4n) is 1.53. The number of methoxy groups -OCH3 is 1. The number of ether oxygens (including phenoxy) is 1. The Morgan fingerprint density at radius 2 is 2.00 bits per heavy atom. The van der Waals surface area contributed by atoms with Crippen LogP contribution < -0.4 is 4.74 Å². The van der Waals surface area contributed by atoms with Crippen LogP contribution in [0.4, 0.5) is 0 Å². The summed E-state index contributed by atoms with van der Waals surface area (Å²) in [5.74, 6) is 0.786. The van der Waals surface area contributed by atoms with Gasteiger partial charge in [-0.05, 0) is 24.3 Å². The van der Waals surface area contributed by atoms with Crippen LogP contribution in [0.2, 0.25) is 0 Å². The lowest BCUT2D eigenvalue weighted by Crippen LogP contribution is -2.08. The Kier molecular flexibility index (Phi) is 3.05. The number of aromatic nitrogens is 1. The summed E-state index contributed by atoms with van der Waals surface area (Å²) in [6.07, 6.45) is 3.75. The van der Waals surface area contributed by atoms with Gasteiger partial charge in [-0.25, -0.2) is 0 Å². The van der Waals surface area contributed by atoms with Crippen LogP contribution in [0.1, 0.15) is 10.4 Å². The molecule has 16 heavy (non-hydrogen) atoms. The van der Waals surface area contributed by atoms with Crippen LogP contribution in [0.5, 0.6) is 5.75 Å². The van der Waals surface area contributed by atoms with Gasteiger partial charge in [0.2, 0.25) is 0 Å². The van der Waals surface area contributed by atoms with E-state index < -0.39 is 0 Å². The van der Waals surface area contributed by atoms with Crippen LogP contribution in [0.3, 0.4) is 0 Å². The van der Waals surface area contributed by atoms with Crippen molar-refractivity contribution in [3.8, 4) is 5.75 Å². The minimum atomic E-state index is 0.0788. The number of rotatable bonds is 4. The van der Waals surface area contributed by atoms with E-state index in [0.717, 1.165) is 0 Å². The number of hydrogen-bond donors (Lipinski definition) is 0. The van der Waals surface area contributed by atoms with Gasteiger partial charge in [-0.3, -0.25) is 4.79 Å². The quantitative estimate of drug-likeness (QED) is 0.733. The predicted octanol–water partition coefficient (Wildman–Crippen LogP) is 2.38. The molecule has 0 saturated heterocycles. The Balaban J connectivity index is 2.14. The molecule has 0 unspecified atom stereocenters. The number of carbonyl (C=O) groups excluding carboxylic acids is 1. The molecule has 0 N–H and O–H groups in total. The minimum absolute atomic E-state index is 0.0788. The molecular weight excluding hydrogens is 202 g/mol. The molecule has 0 spiro atoms. The molecule has 0 amide bonds. The lowest BCUT2D eigenvalue weighted by molar-refractivity contribution is 0.0972. The van der Waals surface area contributed by atoms with Crippen LogP contribution in [0, 0.1) is 0 Å². The van der Waals surface area contributed by atoms with Crippen molar-refractivity contribution < 1.29 is 9.53 Å². The molecule has 2 rings (SSSR count). The highest BCUT2D eigenvalue weighted by molar-refractivity contribution is 5.96. The van der Waals surface area contributed by atoms with Gasteiger partial charge >= 0.3 is 0 Å². The summed E-state index contributed by atoms with van der Waals surface area (Å²) < 4.78 is 6.93. The second kappa shape index (κ2) is 4.66. The zero-order chi connectivity index (χ0) is 11.4. The van der Waals surface area contributed by atoms with E-state index >= 15 is 0 Å². The van der Waals surface area contributed by atoms with Crippen molar-refractivity contribution in [2.45, 2.75) is 6.54 Å². The molecule has 0 aliphatic carbocycles. The third-order valence-corrected chi connectivity index (χ3v) is 2.38. The summed E-state index contributed by atoms with van der Waals surface area (Å²) in [5.41, 5.74) is 0.674. The SMILES string of the molecule is COc1cccc(C(=O)Cn2cccc2)c1. The molecule has 3 heteroatoms. The second-order valence-corrected chi connectivity index (χ2v) is 3.51. The van der Waals surface area contributed by atoms with E-state index in [2.05, 4.69) is 0 Å². The summed E-state index contributed by atoms with van der Waals surface area (Å²) in [6.45, 7) is 0.361. The first kappa shape index (κ1) is 10.5. The van der Waals surface area contributed by atoms with Crippen molar-refractivity contribution in [2.75, 3.05) is 7.11 Å². The summed E-state index contributed by atoms with van der Waals surface area (Å²) in [6, 6.07) is 11.0. The van der Waals surface area contributed by atoms with Gasteiger partial charge in [0.25, 0.3) is 0 Å². The van der Waals surface area contributed by atoms with E-state index in [9.17, 15) is 4.79 Å². The number of nitrogens with zero attached hydrogens (tertiary/aromatic N) is 1. The Labute approximate surface area is 94.3 Å². The summed E-state index contributed by atoms with van der Waals surface area (Å²) in [5, 5.41) is 0. The van der Waals surface area contributed by atoms with Gasteiger partial charge in [-0.2, -0.15) is 0 Å². The first-order chi connectivity index (χ1) is 7.79. The van der Waals surface area contributed by atoms with E-state index in [0.29, 0.717) is 17.9 Å².